The number of guanidine groups is 1. The van der Waals surface area contributed by atoms with Gasteiger partial charge in [-0.05, 0) is 13.3 Å². The predicted octanol–water partition coefficient (Wildman–Crippen LogP) is 1.07. The number of nitrogens with zero attached hydrogens (tertiary/aromatic N) is 4. The number of hydrogen-bond acceptors (Lipinski definition) is 5. The molecule has 1 aromatic rings. The molecule has 0 aliphatic carbocycles. The Morgan fingerprint density at radius 1 is 1.25 bits per heavy atom. The zero-order chi connectivity index (χ0) is 16.8. The Hall–Kier alpha value is -0.940. The van der Waals surface area contributed by atoms with Crippen molar-refractivity contribution in [3.05, 3.63) is 12.2 Å². The van der Waals surface area contributed by atoms with Crippen LogP contribution in [0.2, 0.25) is 0 Å². The quantitative estimate of drug-likeness (QED) is 0.213. The van der Waals surface area contributed by atoms with Crippen LogP contribution >= 0.6 is 24.0 Å². The number of halogens is 1. The first kappa shape index (κ1) is 23.1. The zero-order valence-electron chi connectivity index (χ0n) is 15.0. The van der Waals surface area contributed by atoms with Gasteiger partial charge in [-0.25, -0.2) is 0 Å². The molecule has 0 spiro atoms. The number of aliphatic imine (C=N–C) groups is 1. The van der Waals surface area contributed by atoms with Crippen LogP contribution in [0.1, 0.15) is 26.1 Å². The maximum absolute atomic E-state index is 5.42. The van der Waals surface area contributed by atoms with Gasteiger partial charge >= 0.3 is 0 Å². The molecule has 0 amide bonds. The Balaban J connectivity index is 0.00000529. The number of methoxy groups -OCH3 is 1. The van der Waals surface area contributed by atoms with Gasteiger partial charge in [0.05, 0.1) is 13.2 Å². The Morgan fingerprint density at radius 3 is 2.79 bits per heavy atom. The first-order valence-corrected chi connectivity index (χ1v) is 8.27. The molecule has 0 bridgehead atoms. The van der Waals surface area contributed by atoms with E-state index in [2.05, 4.69) is 44.2 Å². The van der Waals surface area contributed by atoms with Gasteiger partial charge in [-0.3, -0.25) is 4.99 Å². The van der Waals surface area contributed by atoms with Crippen molar-refractivity contribution in [3.63, 3.8) is 0 Å². The number of aromatic nitrogens is 3. The first-order valence-electron chi connectivity index (χ1n) is 8.27. The molecular formula is C15H31IN6O2. The van der Waals surface area contributed by atoms with E-state index in [1.165, 1.54) is 0 Å². The second-order valence-electron chi connectivity index (χ2n) is 4.94. The summed E-state index contributed by atoms with van der Waals surface area (Å²) in [5.74, 6) is 1.83. The predicted molar refractivity (Wildman–Crippen MR) is 106 cm³/mol. The van der Waals surface area contributed by atoms with Crippen LogP contribution in [0, 0.1) is 0 Å². The number of rotatable bonds is 12. The second kappa shape index (κ2) is 15.6. The van der Waals surface area contributed by atoms with Crippen molar-refractivity contribution >= 4 is 29.9 Å². The van der Waals surface area contributed by atoms with Crippen molar-refractivity contribution in [3.8, 4) is 0 Å². The van der Waals surface area contributed by atoms with Crippen molar-refractivity contribution in [2.45, 2.75) is 33.2 Å². The third kappa shape index (κ3) is 10.0. The van der Waals surface area contributed by atoms with Gasteiger partial charge in [0.25, 0.3) is 0 Å². The monoisotopic (exact) mass is 454 g/mol. The number of hydrogen-bond donors (Lipinski definition) is 2. The summed E-state index contributed by atoms with van der Waals surface area (Å²) in [5, 5.41) is 14.6. The van der Waals surface area contributed by atoms with E-state index < -0.39 is 0 Å². The van der Waals surface area contributed by atoms with Gasteiger partial charge in [0, 0.05) is 46.3 Å². The third-order valence-corrected chi connectivity index (χ3v) is 3.15. The van der Waals surface area contributed by atoms with Crippen molar-refractivity contribution in [2.24, 2.45) is 4.99 Å². The molecule has 2 N–H and O–H groups in total. The fraction of sp³-hybridized carbons (Fsp3) is 0.800. The van der Waals surface area contributed by atoms with Gasteiger partial charge < -0.3 is 24.7 Å². The van der Waals surface area contributed by atoms with Crippen LogP contribution in [-0.4, -0.2) is 67.3 Å². The molecule has 140 valence electrons. The van der Waals surface area contributed by atoms with E-state index in [1.807, 2.05) is 0 Å². The molecule has 1 aromatic heterocycles. The van der Waals surface area contributed by atoms with Gasteiger partial charge in [-0.2, -0.15) is 0 Å². The van der Waals surface area contributed by atoms with Crippen molar-refractivity contribution in [2.75, 3.05) is 46.6 Å². The lowest BCUT2D eigenvalue weighted by molar-refractivity contribution is 0.0702. The summed E-state index contributed by atoms with van der Waals surface area (Å²) in [6.45, 7) is 9.27. The van der Waals surface area contributed by atoms with E-state index in [-0.39, 0.29) is 24.0 Å². The van der Waals surface area contributed by atoms with Crippen molar-refractivity contribution in [1.29, 1.82) is 0 Å². The van der Waals surface area contributed by atoms with E-state index in [0.29, 0.717) is 19.8 Å². The summed E-state index contributed by atoms with van der Waals surface area (Å²) < 4.78 is 12.4. The van der Waals surface area contributed by atoms with Crippen LogP contribution in [0.4, 0.5) is 0 Å². The molecule has 9 heteroatoms. The molecule has 0 saturated carbocycles. The number of ether oxygens (including phenoxy) is 2. The molecule has 0 saturated heterocycles. The van der Waals surface area contributed by atoms with Crippen molar-refractivity contribution in [1.82, 2.24) is 25.4 Å². The minimum atomic E-state index is 0. The van der Waals surface area contributed by atoms with E-state index in [4.69, 9.17) is 9.47 Å². The summed E-state index contributed by atoms with van der Waals surface area (Å²) in [7, 11) is 1.67. The Morgan fingerprint density at radius 2 is 2.08 bits per heavy atom. The maximum Gasteiger partial charge on any atom is 0.191 e. The third-order valence-electron chi connectivity index (χ3n) is 3.15. The molecule has 0 aliphatic rings. The molecular weight excluding hydrogens is 423 g/mol. The molecule has 24 heavy (non-hydrogen) atoms. The highest BCUT2D eigenvalue weighted by Crippen LogP contribution is 1.94. The molecule has 0 fully saturated rings. The SMILES string of the molecule is CCNC(=NCCCOCCOC)NCCn1cnnc1CC.I. The molecule has 1 heterocycles. The molecule has 0 atom stereocenters. The van der Waals surface area contributed by atoms with Crippen LogP contribution < -0.4 is 10.6 Å². The van der Waals surface area contributed by atoms with Gasteiger partial charge in [0.15, 0.2) is 5.96 Å². The minimum absolute atomic E-state index is 0. The summed E-state index contributed by atoms with van der Waals surface area (Å²) in [5.41, 5.74) is 0. The van der Waals surface area contributed by atoms with Gasteiger partial charge in [-0.1, -0.05) is 6.92 Å². The summed E-state index contributed by atoms with van der Waals surface area (Å²) in [6.07, 6.45) is 3.55. The minimum Gasteiger partial charge on any atom is -0.382 e. The van der Waals surface area contributed by atoms with E-state index >= 15 is 0 Å². The highest BCUT2D eigenvalue weighted by atomic mass is 127. The Kier molecular flexibility index (Phi) is 15.0. The smallest absolute Gasteiger partial charge is 0.191 e. The number of nitrogens with one attached hydrogen (secondary N) is 2. The fourth-order valence-electron chi connectivity index (χ4n) is 1.98. The molecule has 0 aliphatic heterocycles. The zero-order valence-corrected chi connectivity index (χ0v) is 17.3. The van der Waals surface area contributed by atoms with E-state index in [0.717, 1.165) is 50.8 Å². The maximum atomic E-state index is 5.42. The molecule has 0 aromatic carbocycles. The molecule has 0 radical (unpaired) electrons. The van der Waals surface area contributed by atoms with Crippen LogP contribution in [0.3, 0.4) is 0 Å². The molecule has 0 unspecified atom stereocenters. The number of aryl methyl sites for hydroxylation is 1. The largest absolute Gasteiger partial charge is 0.382 e. The van der Waals surface area contributed by atoms with Crippen LogP contribution in [0.15, 0.2) is 11.3 Å². The average Bonchev–Trinajstić information content (AvgIpc) is 3.01. The lowest BCUT2D eigenvalue weighted by atomic mass is 10.4. The summed E-state index contributed by atoms with van der Waals surface area (Å²) in [4.78, 5) is 4.54. The van der Waals surface area contributed by atoms with Gasteiger partial charge in [-0.15, -0.1) is 34.2 Å². The molecule has 8 nitrogen and oxygen atoms in total. The lowest BCUT2D eigenvalue weighted by Crippen LogP contribution is -2.39. The van der Waals surface area contributed by atoms with E-state index in [1.54, 1.807) is 13.4 Å². The Labute approximate surface area is 161 Å². The highest BCUT2D eigenvalue weighted by Gasteiger charge is 2.02. The standard InChI is InChI=1S/C15H30N6O2.HI/c1-4-14-20-19-13-21(14)9-8-18-15(16-5-2)17-7-6-10-23-12-11-22-3;/h13H,4-12H2,1-3H3,(H2,16,17,18);1H. The highest BCUT2D eigenvalue weighted by molar-refractivity contribution is 14.0. The van der Waals surface area contributed by atoms with Crippen LogP contribution in [0.25, 0.3) is 0 Å². The first-order chi connectivity index (χ1) is 11.3. The van der Waals surface area contributed by atoms with Crippen LogP contribution in [-0.2, 0) is 22.4 Å². The van der Waals surface area contributed by atoms with Gasteiger partial charge in [0.1, 0.15) is 12.2 Å². The van der Waals surface area contributed by atoms with Crippen molar-refractivity contribution < 1.29 is 9.47 Å². The summed E-state index contributed by atoms with van der Waals surface area (Å²) in [6, 6.07) is 0. The topological polar surface area (TPSA) is 85.6 Å². The summed E-state index contributed by atoms with van der Waals surface area (Å²) >= 11 is 0. The fourth-order valence-corrected chi connectivity index (χ4v) is 1.98. The molecule has 1 rings (SSSR count). The Bertz CT molecular complexity index is 441. The normalized spacial score (nSPS) is 11.2. The lowest BCUT2D eigenvalue weighted by Gasteiger charge is -2.12. The van der Waals surface area contributed by atoms with Crippen LogP contribution in [0.5, 0.6) is 0 Å². The average molecular weight is 454 g/mol. The van der Waals surface area contributed by atoms with E-state index in [9.17, 15) is 0 Å². The van der Waals surface area contributed by atoms with Gasteiger partial charge in [0.2, 0.25) is 0 Å². The second-order valence-corrected chi connectivity index (χ2v) is 4.94.